The molecule has 3 aromatic rings. The van der Waals surface area contributed by atoms with Crippen molar-refractivity contribution in [3.63, 3.8) is 0 Å². The van der Waals surface area contributed by atoms with Crippen LogP contribution in [-0.2, 0) is 22.6 Å². The van der Waals surface area contributed by atoms with Crippen molar-refractivity contribution in [3.05, 3.63) is 100 Å². The van der Waals surface area contributed by atoms with Gasteiger partial charge in [0.15, 0.2) is 0 Å². The minimum Gasteiger partial charge on any atom is -0.507 e. The van der Waals surface area contributed by atoms with Crippen molar-refractivity contribution in [1.29, 1.82) is 0 Å². The van der Waals surface area contributed by atoms with Gasteiger partial charge in [0.05, 0.1) is 18.7 Å². The topological polar surface area (TPSA) is 79.7 Å². The molecule has 168 valence electrons. The van der Waals surface area contributed by atoms with Gasteiger partial charge < -0.3 is 14.7 Å². The summed E-state index contributed by atoms with van der Waals surface area (Å²) in [7, 11) is 1.58. The summed E-state index contributed by atoms with van der Waals surface area (Å²) < 4.78 is 5.31. The first-order valence-corrected chi connectivity index (χ1v) is 10.9. The minimum absolute atomic E-state index is 0.0812. The number of ketones is 1. The predicted octanol–water partition coefficient (Wildman–Crippen LogP) is 4.58. The highest BCUT2D eigenvalue weighted by molar-refractivity contribution is 6.46. The van der Waals surface area contributed by atoms with Crippen LogP contribution in [0.1, 0.15) is 40.8 Å². The van der Waals surface area contributed by atoms with E-state index in [9.17, 15) is 14.7 Å². The summed E-state index contributed by atoms with van der Waals surface area (Å²) in [5.41, 5.74) is 4.07. The van der Waals surface area contributed by atoms with Gasteiger partial charge in [0.25, 0.3) is 11.7 Å². The summed E-state index contributed by atoms with van der Waals surface area (Å²) in [4.78, 5) is 31.9. The molecule has 2 heterocycles. The van der Waals surface area contributed by atoms with Gasteiger partial charge >= 0.3 is 0 Å². The summed E-state index contributed by atoms with van der Waals surface area (Å²) in [6.07, 6.45) is 4.20. The van der Waals surface area contributed by atoms with Crippen LogP contribution in [0.15, 0.2) is 72.6 Å². The van der Waals surface area contributed by atoms with E-state index in [0.717, 1.165) is 28.7 Å². The molecule has 6 heteroatoms. The smallest absolute Gasteiger partial charge is 0.295 e. The van der Waals surface area contributed by atoms with Crippen molar-refractivity contribution < 1.29 is 19.4 Å². The molecule has 1 aliphatic rings. The Labute approximate surface area is 193 Å². The average molecular weight is 443 g/mol. The molecule has 4 rings (SSSR count). The maximum atomic E-state index is 13.2. The largest absolute Gasteiger partial charge is 0.507 e. The number of hydrogen-bond acceptors (Lipinski definition) is 5. The van der Waals surface area contributed by atoms with E-state index in [1.54, 1.807) is 43.8 Å². The number of ether oxygens (including phenoxy) is 1. The predicted molar refractivity (Wildman–Crippen MR) is 126 cm³/mol. The van der Waals surface area contributed by atoms with Crippen molar-refractivity contribution in [3.8, 4) is 5.75 Å². The summed E-state index contributed by atoms with van der Waals surface area (Å²) in [6.45, 7) is 4.13. The highest BCUT2D eigenvalue weighted by atomic mass is 16.5. The van der Waals surface area contributed by atoms with Gasteiger partial charge in [-0.25, -0.2) is 0 Å². The highest BCUT2D eigenvalue weighted by Crippen LogP contribution is 2.40. The lowest BCUT2D eigenvalue weighted by atomic mass is 9.94. The maximum Gasteiger partial charge on any atom is 0.295 e. The third-order valence-electron chi connectivity index (χ3n) is 5.99. The van der Waals surface area contributed by atoms with Crippen LogP contribution in [0.25, 0.3) is 5.76 Å². The van der Waals surface area contributed by atoms with E-state index in [1.165, 1.54) is 4.90 Å². The first-order chi connectivity index (χ1) is 15.9. The number of aryl methyl sites for hydroxylation is 2. The molecule has 0 bridgehead atoms. The molecule has 1 saturated heterocycles. The third-order valence-corrected chi connectivity index (χ3v) is 5.99. The van der Waals surface area contributed by atoms with Crippen LogP contribution < -0.4 is 4.74 Å². The second-order valence-corrected chi connectivity index (χ2v) is 8.07. The number of aromatic nitrogens is 1. The Morgan fingerprint density at radius 2 is 1.85 bits per heavy atom. The van der Waals surface area contributed by atoms with Gasteiger partial charge in [0.2, 0.25) is 0 Å². The Bertz CT molecular complexity index is 1220. The quantitative estimate of drug-likeness (QED) is 0.343. The normalized spacial score (nSPS) is 17.4. The molecule has 0 spiro atoms. The molecule has 1 amide bonds. The van der Waals surface area contributed by atoms with Gasteiger partial charge in [-0.2, -0.15) is 0 Å². The lowest BCUT2D eigenvalue weighted by molar-refractivity contribution is -0.140. The highest BCUT2D eigenvalue weighted by Gasteiger charge is 2.46. The molecule has 33 heavy (non-hydrogen) atoms. The molecule has 0 saturated carbocycles. The fraction of sp³-hybridized carbons (Fsp3) is 0.222. The number of carbonyl (C=O) groups excluding carboxylic acids is 2. The molecule has 2 aromatic carbocycles. The van der Waals surface area contributed by atoms with Crippen LogP contribution in [0.3, 0.4) is 0 Å². The fourth-order valence-electron chi connectivity index (χ4n) is 4.19. The summed E-state index contributed by atoms with van der Waals surface area (Å²) in [5, 5.41) is 11.2. The van der Waals surface area contributed by atoms with E-state index in [2.05, 4.69) is 11.9 Å². The lowest BCUT2D eigenvalue weighted by Crippen LogP contribution is -2.29. The molecule has 1 atom stereocenters. The molecule has 1 N–H and O–H groups in total. The van der Waals surface area contributed by atoms with Crippen molar-refractivity contribution >= 4 is 17.4 Å². The monoisotopic (exact) mass is 442 g/mol. The van der Waals surface area contributed by atoms with E-state index >= 15 is 0 Å². The molecular formula is C27H26N2O4. The first kappa shape index (κ1) is 22.3. The molecule has 1 aromatic heterocycles. The number of pyridine rings is 1. The van der Waals surface area contributed by atoms with Crippen LogP contribution in [0.4, 0.5) is 0 Å². The number of benzene rings is 2. The number of carbonyl (C=O) groups is 2. The van der Waals surface area contributed by atoms with Crippen LogP contribution >= 0.6 is 0 Å². The van der Waals surface area contributed by atoms with Gasteiger partial charge in [0.1, 0.15) is 11.5 Å². The zero-order valence-corrected chi connectivity index (χ0v) is 18.9. The van der Waals surface area contributed by atoms with Crippen molar-refractivity contribution in [2.75, 3.05) is 7.11 Å². The Morgan fingerprint density at radius 1 is 1.09 bits per heavy atom. The molecule has 0 radical (unpaired) electrons. The van der Waals surface area contributed by atoms with Crippen LogP contribution in [0, 0.1) is 6.92 Å². The zero-order chi connectivity index (χ0) is 23.5. The number of methoxy groups -OCH3 is 1. The van der Waals surface area contributed by atoms with Gasteiger partial charge in [-0.05, 0) is 59.9 Å². The van der Waals surface area contributed by atoms with Gasteiger partial charge in [0, 0.05) is 24.5 Å². The first-order valence-electron chi connectivity index (χ1n) is 10.9. The Kier molecular flexibility index (Phi) is 6.27. The number of amides is 1. The Balaban J connectivity index is 1.85. The van der Waals surface area contributed by atoms with E-state index in [1.807, 2.05) is 37.3 Å². The molecule has 1 fully saturated rings. The molecule has 6 nitrogen and oxygen atoms in total. The third kappa shape index (κ3) is 4.24. The van der Waals surface area contributed by atoms with Gasteiger partial charge in [-0.3, -0.25) is 14.6 Å². The van der Waals surface area contributed by atoms with Crippen LogP contribution in [-0.4, -0.2) is 33.8 Å². The van der Waals surface area contributed by atoms with Gasteiger partial charge in [-0.1, -0.05) is 37.3 Å². The lowest BCUT2D eigenvalue weighted by Gasteiger charge is -2.25. The second-order valence-electron chi connectivity index (χ2n) is 8.07. The van der Waals surface area contributed by atoms with Crippen LogP contribution in [0.2, 0.25) is 0 Å². The van der Waals surface area contributed by atoms with E-state index in [-0.39, 0.29) is 17.9 Å². The summed E-state index contributed by atoms with van der Waals surface area (Å²) >= 11 is 0. The zero-order valence-electron chi connectivity index (χ0n) is 18.9. The average Bonchev–Trinajstić information content (AvgIpc) is 3.09. The Morgan fingerprint density at radius 3 is 2.45 bits per heavy atom. The minimum atomic E-state index is -0.710. The van der Waals surface area contributed by atoms with E-state index in [0.29, 0.717) is 11.3 Å². The molecule has 0 unspecified atom stereocenters. The number of nitrogens with zero attached hydrogens (tertiary/aromatic N) is 2. The number of likely N-dealkylation sites (tertiary alicyclic amines) is 1. The summed E-state index contributed by atoms with van der Waals surface area (Å²) in [5.74, 6) is -0.864. The molecule has 1 aliphatic heterocycles. The number of Topliss-reactive ketones (excluding diaryl/α,β-unsaturated/α-hetero) is 1. The van der Waals surface area contributed by atoms with Crippen molar-refractivity contribution in [2.45, 2.75) is 32.9 Å². The van der Waals surface area contributed by atoms with Gasteiger partial charge in [-0.15, -0.1) is 0 Å². The number of aliphatic hydroxyl groups is 1. The van der Waals surface area contributed by atoms with Crippen LogP contribution in [0.5, 0.6) is 5.75 Å². The Hall–Kier alpha value is -3.93. The standard InChI is InChI=1S/C27H26N2O4/c1-4-18-7-9-20(10-8-18)24-23(25(30)21-11-12-22(33-3)17(2)14-21)26(31)27(32)29(24)16-19-6-5-13-28-15-19/h5-15,24,30H,4,16H2,1-3H3/b25-23+/t24-/m0/s1. The number of hydrogen-bond donors (Lipinski definition) is 1. The number of rotatable bonds is 6. The molecular weight excluding hydrogens is 416 g/mol. The summed E-state index contributed by atoms with van der Waals surface area (Å²) in [6, 6.07) is 15.9. The maximum absolute atomic E-state index is 13.2. The number of aliphatic hydroxyl groups excluding tert-OH is 1. The van der Waals surface area contributed by atoms with Crippen molar-refractivity contribution in [2.24, 2.45) is 0 Å². The molecule has 0 aliphatic carbocycles. The fourth-order valence-corrected chi connectivity index (χ4v) is 4.19. The van der Waals surface area contributed by atoms with E-state index in [4.69, 9.17) is 4.74 Å². The SMILES string of the molecule is CCc1ccc([C@H]2/C(=C(\O)c3ccc(OC)c(C)c3)C(=O)C(=O)N2Cc2cccnc2)cc1. The van der Waals surface area contributed by atoms with E-state index < -0.39 is 17.7 Å². The second kappa shape index (κ2) is 9.28. The van der Waals surface area contributed by atoms with Crippen molar-refractivity contribution in [1.82, 2.24) is 9.88 Å².